The van der Waals surface area contributed by atoms with E-state index in [2.05, 4.69) is 0 Å². The number of aliphatic hydroxyl groups is 1. The molecule has 4 heteroatoms. The minimum absolute atomic E-state index is 0.201. The summed E-state index contributed by atoms with van der Waals surface area (Å²) < 4.78 is 9.90. The van der Waals surface area contributed by atoms with E-state index >= 15 is 0 Å². The van der Waals surface area contributed by atoms with Gasteiger partial charge in [-0.3, -0.25) is 4.79 Å². The Hall–Kier alpha value is -1.55. The van der Waals surface area contributed by atoms with Gasteiger partial charge in [0.05, 0.1) is 19.3 Å². The zero-order valence-electron chi connectivity index (χ0n) is 11.1. The van der Waals surface area contributed by atoms with Crippen molar-refractivity contribution in [3.05, 3.63) is 29.8 Å². The lowest BCUT2D eigenvalue weighted by atomic mass is 9.91. The molecule has 1 aromatic carbocycles. The summed E-state index contributed by atoms with van der Waals surface area (Å²) in [5, 5.41) is 10.3. The van der Waals surface area contributed by atoms with E-state index < -0.39 is 5.60 Å². The summed E-state index contributed by atoms with van der Waals surface area (Å²) >= 11 is 0. The topological polar surface area (TPSA) is 55.8 Å². The predicted molar refractivity (Wildman–Crippen MR) is 68.4 cm³/mol. The minimum atomic E-state index is -1.04. The van der Waals surface area contributed by atoms with Gasteiger partial charge in [-0.05, 0) is 38.0 Å². The van der Waals surface area contributed by atoms with Crippen LogP contribution in [0, 0.1) is 0 Å². The first-order valence-corrected chi connectivity index (χ1v) is 6.02. The molecule has 0 amide bonds. The molecule has 4 nitrogen and oxygen atoms in total. The number of methoxy groups -OCH3 is 1. The molecular weight excluding hydrogens is 232 g/mol. The van der Waals surface area contributed by atoms with Crippen molar-refractivity contribution in [1.29, 1.82) is 0 Å². The molecule has 1 aromatic rings. The van der Waals surface area contributed by atoms with Gasteiger partial charge in [0.15, 0.2) is 0 Å². The fourth-order valence-corrected chi connectivity index (χ4v) is 1.67. The molecular formula is C14H20O4. The van der Waals surface area contributed by atoms with Gasteiger partial charge in [0.25, 0.3) is 0 Å². The third-order valence-corrected chi connectivity index (χ3v) is 2.83. The number of hydrogen-bond acceptors (Lipinski definition) is 4. The second kappa shape index (κ2) is 6.40. The van der Waals surface area contributed by atoms with Crippen molar-refractivity contribution in [2.75, 3.05) is 13.7 Å². The van der Waals surface area contributed by atoms with Crippen molar-refractivity contribution in [2.45, 2.75) is 32.3 Å². The second-order valence-corrected chi connectivity index (χ2v) is 4.31. The SMILES string of the molecule is CCOC(=O)CCC(C)(O)c1ccc(OC)cc1. The molecule has 0 saturated carbocycles. The van der Waals surface area contributed by atoms with E-state index in [1.807, 2.05) is 0 Å². The van der Waals surface area contributed by atoms with Crippen molar-refractivity contribution >= 4 is 5.97 Å². The fraction of sp³-hybridized carbons (Fsp3) is 0.500. The van der Waals surface area contributed by atoms with E-state index in [1.54, 1.807) is 45.2 Å². The Balaban J connectivity index is 2.63. The Labute approximate surface area is 108 Å². The van der Waals surface area contributed by atoms with Gasteiger partial charge in [0.1, 0.15) is 5.75 Å². The Morgan fingerprint density at radius 1 is 1.33 bits per heavy atom. The maximum absolute atomic E-state index is 11.3. The van der Waals surface area contributed by atoms with Crippen LogP contribution in [0.5, 0.6) is 5.75 Å². The van der Waals surface area contributed by atoms with Crippen molar-refractivity contribution in [3.8, 4) is 5.75 Å². The van der Waals surface area contributed by atoms with E-state index in [4.69, 9.17) is 9.47 Å². The van der Waals surface area contributed by atoms with Gasteiger partial charge in [-0.2, -0.15) is 0 Å². The van der Waals surface area contributed by atoms with Crippen LogP contribution in [0.25, 0.3) is 0 Å². The number of rotatable bonds is 6. The first-order chi connectivity index (χ1) is 8.49. The maximum atomic E-state index is 11.3. The number of carbonyl (C=O) groups excluding carboxylic acids is 1. The molecule has 1 unspecified atom stereocenters. The maximum Gasteiger partial charge on any atom is 0.305 e. The number of benzene rings is 1. The van der Waals surface area contributed by atoms with Crippen LogP contribution in [0.4, 0.5) is 0 Å². The smallest absolute Gasteiger partial charge is 0.305 e. The first-order valence-electron chi connectivity index (χ1n) is 6.02. The predicted octanol–water partition coefficient (Wildman–Crippen LogP) is 2.25. The van der Waals surface area contributed by atoms with E-state index in [-0.39, 0.29) is 12.4 Å². The summed E-state index contributed by atoms with van der Waals surface area (Å²) in [5.74, 6) is 0.450. The standard InChI is InChI=1S/C14H20O4/c1-4-18-13(15)9-10-14(2,16)11-5-7-12(17-3)8-6-11/h5-8,16H,4,9-10H2,1-3H3. The van der Waals surface area contributed by atoms with Gasteiger partial charge in [0.2, 0.25) is 0 Å². The Morgan fingerprint density at radius 3 is 2.44 bits per heavy atom. The first kappa shape index (κ1) is 14.5. The van der Waals surface area contributed by atoms with Crippen molar-refractivity contribution in [2.24, 2.45) is 0 Å². The van der Waals surface area contributed by atoms with Gasteiger partial charge >= 0.3 is 5.97 Å². The Bertz CT molecular complexity index is 381. The lowest BCUT2D eigenvalue weighted by Crippen LogP contribution is -2.22. The van der Waals surface area contributed by atoms with Crippen LogP contribution >= 0.6 is 0 Å². The molecule has 1 atom stereocenters. The highest BCUT2D eigenvalue weighted by atomic mass is 16.5. The van der Waals surface area contributed by atoms with Crippen LogP contribution in [-0.2, 0) is 15.1 Å². The van der Waals surface area contributed by atoms with Crippen LogP contribution in [-0.4, -0.2) is 24.8 Å². The molecule has 1 rings (SSSR count). The molecule has 0 heterocycles. The summed E-state index contributed by atoms with van der Waals surface area (Å²) in [4.78, 5) is 11.3. The number of hydrogen-bond donors (Lipinski definition) is 1. The zero-order chi connectivity index (χ0) is 13.6. The van der Waals surface area contributed by atoms with E-state index in [1.165, 1.54) is 0 Å². The minimum Gasteiger partial charge on any atom is -0.497 e. The summed E-state index contributed by atoms with van der Waals surface area (Å²) in [5.41, 5.74) is -0.286. The molecule has 0 aliphatic carbocycles. The van der Waals surface area contributed by atoms with Gasteiger partial charge in [-0.1, -0.05) is 12.1 Å². The normalized spacial score (nSPS) is 13.8. The molecule has 100 valence electrons. The number of esters is 1. The molecule has 0 bridgehead atoms. The van der Waals surface area contributed by atoms with Gasteiger partial charge in [-0.15, -0.1) is 0 Å². The molecule has 1 N–H and O–H groups in total. The molecule has 18 heavy (non-hydrogen) atoms. The quantitative estimate of drug-likeness (QED) is 0.789. The largest absolute Gasteiger partial charge is 0.497 e. The van der Waals surface area contributed by atoms with Crippen LogP contribution in [0.1, 0.15) is 32.3 Å². The highest BCUT2D eigenvalue weighted by molar-refractivity contribution is 5.69. The highest BCUT2D eigenvalue weighted by Crippen LogP contribution is 2.27. The Kier molecular flexibility index (Phi) is 5.16. The van der Waals surface area contributed by atoms with E-state index in [0.717, 1.165) is 11.3 Å². The average molecular weight is 252 g/mol. The molecule has 0 aliphatic rings. The monoisotopic (exact) mass is 252 g/mol. The van der Waals surface area contributed by atoms with E-state index in [0.29, 0.717) is 13.0 Å². The lowest BCUT2D eigenvalue weighted by Gasteiger charge is -2.23. The third kappa shape index (κ3) is 4.04. The van der Waals surface area contributed by atoms with Crippen LogP contribution in [0.15, 0.2) is 24.3 Å². The van der Waals surface area contributed by atoms with Crippen molar-refractivity contribution in [1.82, 2.24) is 0 Å². The molecule has 0 aliphatic heterocycles. The molecule has 0 radical (unpaired) electrons. The summed E-state index contributed by atoms with van der Waals surface area (Å²) in [6.45, 7) is 3.82. The molecule has 0 spiro atoms. The van der Waals surface area contributed by atoms with Gasteiger partial charge in [-0.25, -0.2) is 0 Å². The zero-order valence-corrected chi connectivity index (χ0v) is 11.1. The molecule has 0 aromatic heterocycles. The van der Waals surface area contributed by atoms with Crippen LogP contribution in [0.2, 0.25) is 0 Å². The number of carbonyl (C=O) groups is 1. The average Bonchev–Trinajstić information content (AvgIpc) is 2.37. The molecule has 0 saturated heterocycles. The second-order valence-electron chi connectivity index (χ2n) is 4.31. The summed E-state index contributed by atoms with van der Waals surface area (Å²) in [6, 6.07) is 7.16. The third-order valence-electron chi connectivity index (χ3n) is 2.83. The van der Waals surface area contributed by atoms with Gasteiger partial charge < -0.3 is 14.6 Å². The van der Waals surface area contributed by atoms with Crippen LogP contribution < -0.4 is 4.74 Å². The summed E-state index contributed by atoms with van der Waals surface area (Å²) in [7, 11) is 1.59. The van der Waals surface area contributed by atoms with E-state index in [9.17, 15) is 9.90 Å². The fourth-order valence-electron chi connectivity index (χ4n) is 1.67. The molecule has 0 fully saturated rings. The Morgan fingerprint density at radius 2 is 1.94 bits per heavy atom. The van der Waals surface area contributed by atoms with Gasteiger partial charge in [0, 0.05) is 6.42 Å². The summed E-state index contributed by atoms with van der Waals surface area (Å²) in [6.07, 6.45) is 0.533. The van der Waals surface area contributed by atoms with Crippen molar-refractivity contribution < 1.29 is 19.4 Å². The lowest BCUT2D eigenvalue weighted by molar-refractivity contribution is -0.144. The van der Waals surface area contributed by atoms with Crippen molar-refractivity contribution in [3.63, 3.8) is 0 Å². The number of ether oxygens (including phenoxy) is 2. The van der Waals surface area contributed by atoms with Crippen LogP contribution in [0.3, 0.4) is 0 Å². The highest BCUT2D eigenvalue weighted by Gasteiger charge is 2.24.